The van der Waals surface area contributed by atoms with Crippen LogP contribution in [0.2, 0.25) is 0 Å². The summed E-state index contributed by atoms with van der Waals surface area (Å²) >= 11 is 0. The average molecular weight is 392 g/mol. The van der Waals surface area contributed by atoms with E-state index in [2.05, 4.69) is 15.4 Å². The minimum Gasteiger partial charge on any atom is -0.483 e. The first-order chi connectivity index (χ1) is 13.9. The minimum absolute atomic E-state index is 0.0743. The maximum Gasteiger partial charge on any atom is 0.258 e. The minimum atomic E-state index is -0.254. The molecule has 0 fully saturated rings. The fourth-order valence-corrected chi connectivity index (χ4v) is 3.48. The summed E-state index contributed by atoms with van der Waals surface area (Å²) in [5.41, 5.74) is 3.67. The highest BCUT2D eigenvalue weighted by molar-refractivity contribution is 5.77. The number of nitrogens with one attached hydrogen (secondary N) is 1. The molecule has 2 aromatic heterocycles. The molecule has 7 nitrogen and oxygen atoms in total. The summed E-state index contributed by atoms with van der Waals surface area (Å²) < 4.78 is 13.5. The van der Waals surface area contributed by atoms with Crippen LogP contribution in [0.4, 0.5) is 0 Å². The molecule has 0 spiro atoms. The molecule has 0 radical (unpaired) electrons. The maximum atomic E-state index is 12.3. The first-order valence-corrected chi connectivity index (χ1v) is 9.54. The van der Waals surface area contributed by atoms with Gasteiger partial charge < -0.3 is 14.8 Å². The van der Waals surface area contributed by atoms with Crippen molar-refractivity contribution in [2.24, 2.45) is 7.05 Å². The number of aryl methyl sites for hydroxylation is 1. The molecule has 1 aliphatic heterocycles. The van der Waals surface area contributed by atoms with Crippen molar-refractivity contribution >= 4 is 5.91 Å². The lowest BCUT2D eigenvalue weighted by Crippen LogP contribution is -2.28. The Hall–Kier alpha value is -3.35. The number of pyridine rings is 1. The van der Waals surface area contributed by atoms with Gasteiger partial charge in [-0.2, -0.15) is 5.10 Å². The van der Waals surface area contributed by atoms with Crippen LogP contribution in [0, 0.1) is 0 Å². The SMILES string of the molecule is Cn1nccc1-c1cncc(CNC(=O)COc2cccc3c2OC(C)(C)C3)c1. The van der Waals surface area contributed by atoms with Crippen LogP contribution < -0.4 is 14.8 Å². The van der Waals surface area contributed by atoms with Gasteiger partial charge in [-0.3, -0.25) is 14.5 Å². The van der Waals surface area contributed by atoms with Crippen molar-refractivity contribution in [3.05, 3.63) is 60.0 Å². The number of nitrogens with zero attached hydrogens (tertiary/aromatic N) is 3. The molecule has 150 valence electrons. The molecule has 3 aromatic rings. The number of amides is 1. The first-order valence-electron chi connectivity index (χ1n) is 9.54. The van der Waals surface area contributed by atoms with Gasteiger partial charge in [-0.15, -0.1) is 0 Å². The predicted molar refractivity (Wildman–Crippen MR) is 109 cm³/mol. The average Bonchev–Trinajstić information content (AvgIpc) is 3.26. The van der Waals surface area contributed by atoms with Gasteiger partial charge in [-0.05, 0) is 37.6 Å². The summed E-state index contributed by atoms with van der Waals surface area (Å²) in [6, 6.07) is 9.69. The van der Waals surface area contributed by atoms with Crippen LogP contribution in [-0.4, -0.2) is 32.9 Å². The van der Waals surface area contributed by atoms with Crippen molar-refractivity contribution in [1.29, 1.82) is 0 Å². The molecule has 1 aromatic carbocycles. The lowest BCUT2D eigenvalue weighted by molar-refractivity contribution is -0.123. The maximum absolute atomic E-state index is 12.3. The zero-order chi connectivity index (χ0) is 20.4. The molecule has 3 heterocycles. The summed E-state index contributed by atoms with van der Waals surface area (Å²) in [5, 5.41) is 7.05. The standard InChI is InChI=1S/C22H24N4O3/c1-22(2)10-16-5-4-6-19(21(16)29-22)28-14-20(27)24-12-15-9-17(13-23-11-15)18-7-8-25-26(18)3/h4-9,11,13H,10,12,14H2,1-3H3,(H,24,27). The van der Waals surface area contributed by atoms with Crippen molar-refractivity contribution in [3.8, 4) is 22.8 Å². The number of ether oxygens (including phenoxy) is 2. The van der Waals surface area contributed by atoms with E-state index in [-0.39, 0.29) is 18.1 Å². The van der Waals surface area contributed by atoms with Crippen molar-refractivity contribution < 1.29 is 14.3 Å². The van der Waals surface area contributed by atoms with Gasteiger partial charge >= 0.3 is 0 Å². The fraction of sp³-hybridized carbons (Fsp3) is 0.318. The highest BCUT2D eigenvalue weighted by Crippen LogP contribution is 2.41. The Morgan fingerprint density at radius 1 is 1.31 bits per heavy atom. The third-order valence-corrected chi connectivity index (χ3v) is 4.81. The van der Waals surface area contributed by atoms with Crippen LogP contribution in [0.15, 0.2) is 48.9 Å². The van der Waals surface area contributed by atoms with E-state index in [4.69, 9.17) is 9.47 Å². The lowest BCUT2D eigenvalue weighted by Gasteiger charge is -2.18. The molecule has 7 heteroatoms. The van der Waals surface area contributed by atoms with Crippen LogP contribution in [-0.2, 0) is 24.8 Å². The van der Waals surface area contributed by atoms with E-state index in [1.165, 1.54) is 0 Å². The number of benzene rings is 1. The Morgan fingerprint density at radius 3 is 2.97 bits per heavy atom. The van der Waals surface area contributed by atoms with Crippen LogP contribution in [0.3, 0.4) is 0 Å². The van der Waals surface area contributed by atoms with Gasteiger partial charge in [0.05, 0.1) is 5.69 Å². The van der Waals surface area contributed by atoms with Gasteiger partial charge in [0.15, 0.2) is 18.1 Å². The number of carbonyl (C=O) groups is 1. The van der Waals surface area contributed by atoms with E-state index in [1.807, 2.05) is 51.2 Å². The molecule has 0 saturated heterocycles. The molecule has 29 heavy (non-hydrogen) atoms. The van der Waals surface area contributed by atoms with E-state index < -0.39 is 0 Å². The summed E-state index contributed by atoms with van der Waals surface area (Å²) in [6.07, 6.45) is 6.09. The number of aromatic nitrogens is 3. The number of carbonyl (C=O) groups excluding carboxylic acids is 1. The molecule has 0 atom stereocenters. The van der Waals surface area contributed by atoms with Gasteiger partial charge in [-0.1, -0.05) is 12.1 Å². The van der Waals surface area contributed by atoms with Gasteiger partial charge in [0.25, 0.3) is 5.91 Å². The summed E-state index contributed by atoms with van der Waals surface area (Å²) in [7, 11) is 1.88. The Bertz CT molecular complexity index is 1040. The van der Waals surface area contributed by atoms with Crippen LogP contribution in [0.5, 0.6) is 11.5 Å². The molecule has 0 bridgehead atoms. The second-order valence-electron chi connectivity index (χ2n) is 7.77. The van der Waals surface area contributed by atoms with E-state index in [1.54, 1.807) is 23.3 Å². The number of fused-ring (bicyclic) bond motifs is 1. The normalized spacial score (nSPS) is 14.2. The van der Waals surface area contributed by atoms with Gasteiger partial charge in [0.1, 0.15) is 5.60 Å². The second-order valence-corrected chi connectivity index (χ2v) is 7.77. The highest BCUT2D eigenvalue weighted by atomic mass is 16.5. The van der Waals surface area contributed by atoms with Gasteiger partial charge in [0.2, 0.25) is 0 Å². The van der Waals surface area contributed by atoms with Gasteiger partial charge in [0, 0.05) is 49.7 Å². The van der Waals surface area contributed by atoms with E-state index >= 15 is 0 Å². The number of hydrogen-bond donors (Lipinski definition) is 1. The second kappa shape index (κ2) is 7.58. The van der Waals surface area contributed by atoms with Gasteiger partial charge in [-0.25, -0.2) is 0 Å². The van der Waals surface area contributed by atoms with E-state index in [0.717, 1.165) is 34.6 Å². The van der Waals surface area contributed by atoms with Crippen LogP contribution in [0.25, 0.3) is 11.3 Å². The molecule has 0 unspecified atom stereocenters. The van der Waals surface area contributed by atoms with Crippen molar-refractivity contribution in [2.75, 3.05) is 6.61 Å². The topological polar surface area (TPSA) is 78.3 Å². The molecule has 1 amide bonds. The Labute approximate surface area is 169 Å². The fourth-order valence-electron chi connectivity index (χ4n) is 3.48. The number of para-hydroxylation sites is 1. The smallest absolute Gasteiger partial charge is 0.258 e. The number of hydrogen-bond acceptors (Lipinski definition) is 5. The Balaban J connectivity index is 1.34. The largest absolute Gasteiger partial charge is 0.483 e. The Morgan fingerprint density at radius 2 is 2.17 bits per heavy atom. The quantitative estimate of drug-likeness (QED) is 0.698. The Kier molecular flexibility index (Phi) is 4.96. The molecular weight excluding hydrogens is 368 g/mol. The predicted octanol–water partition coefficient (Wildman–Crippen LogP) is 2.89. The van der Waals surface area contributed by atoms with Crippen molar-refractivity contribution in [2.45, 2.75) is 32.4 Å². The van der Waals surface area contributed by atoms with E-state index in [9.17, 15) is 4.79 Å². The number of rotatable bonds is 6. The summed E-state index contributed by atoms with van der Waals surface area (Å²) in [6.45, 7) is 4.38. The zero-order valence-corrected chi connectivity index (χ0v) is 16.8. The van der Waals surface area contributed by atoms with Crippen LogP contribution in [0.1, 0.15) is 25.0 Å². The zero-order valence-electron chi connectivity index (χ0n) is 16.8. The van der Waals surface area contributed by atoms with Crippen molar-refractivity contribution in [1.82, 2.24) is 20.1 Å². The molecule has 1 aliphatic rings. The van der Waals surface area contributed by atoms with E-state index in [0.29, 0.717) is 12.3 Å². The summed E-state index contributed by atoms with van der Waals surface area (Å²) in [5.74, 6) is 1.13. The molecule has 0 aliphatic carbocycles. The third kappa shape index (κ3) is 4.23. The third-order valence-electron chi connectivity index (χ3n) is 4.81. The van der Waals surface area contributed by atoms with Crippen molar-refractivity contribution in [3.63, 3.8) is 0 Å². The lowest BCUT2D eigenvalue weighted by atomic mass is 10.0. The molecule has 1 N–H and O–H groups in total. The molecular formula is C22H24N4O3. The molecule has 0 saturated carbocycles. The summed E-state index contributed by atoms with van der Waals surface area (Å²) in [4.78, 5) is 16.5. The highest BCUT2D eigenvalue weighted by Gasteiger charge is 2.32. The first kappa shape index (κ1) is 19.0. The molecule has 4 rings (SSSR count). The monoisotopic (exact) mass is 392 g/mol. The van der Waals surface area contributed by atoms with Crippen LogP contribution >= 0.6 is 0 Å².